The van der Waals surface area contributed by atoms with E-state index in [1.807, 2.05) is 20.8 Å². The molecule has 2 N–H and O–H groups in total. The van der Waals surface area contributed by atoms with Crippen LogP contribution in [0.1, 0.15) is 56.9 Å². The number of methoxy groups -OCH3 is 1. The molecule has 1 fully saturated rings. The van der Waals surface area contributed by atoms with Crippen LogP contribution in [0.4, 0.5) is 10.6 Å². The van der Waals surface area contributed by atoms with Gasteiger partial charge in [0.2, 0.25) is 0 Å². The average Bonchev–Trinajstić information content (AvgIpc) is 2.55. The monoisotopic (exact) mass is 350 g/mol. The van der Waals surface area contributed by atoms with Gasteiger partial charge in [-0.25, -0.2) is 19.6 Å². The maximum absolute atomic E-state index is 11.8. The van der Waals surface area contributed by atoms with Gasteiger partial charge in [0, 0.05) is 12.1 Å². The number of alkyl carbamates (subject to hydrolysis) is 1. The Hall–Kier alpha value is -2.38. The van der Waals surface area contributed by atoms with Crippen molar-refractivity contribution in [2.75, 3.05) is 12.4 Å². The summed E-state index contributed by atoms with van der Waals surface area (Å²) in [5.41, 5.74) is -0.309. The van der Waals surface area contributed by atoms with E-state index in [9.17, 15) is 9.59 Å². The largest absolute Gasteiger partial charge is 0.464 e. The van der Waals surface area contributed by atoms with Crippen molar-refractivity contribution in [3.8, 4) is 0 Å². The molecule has 0 saturated heterocycles. The van der Waals surface area contributed by atoms with Gasteiger partial charge in [0.05, 0.1) is 19.5 Å². The third kappa shape index (κ3) is 6.21. The zero-order valence-electron chi connectivity index (χ0n) is 15.2. The van der Waals surface area contributed by atoms with Crippen molar-refractivity contribution in [2.45, 2.75) is 64.1 Å². The summed E-state index contributed by atoms with van der Waals surface area (Å²) in [4.78, 5) is 31.4. The molecular formula is C17H26N4O4. The minimum atomic E-state index is -0.507. The first-order chi connectivity index (χ1) is 11.8. The minimum absolute atomic E-state index is 0.126. The summed E-state index contributed by atoms with van der Waals surface area (Å²) in [6.45, 7) is 5.54. The van der Waals surface area contributed by atoms with E-state index >= 15 is 0 Å². The Bertz CT molecular complexity index is 590. The Labute approximate surface area is 147 Å². The number of carbonyl (C=O) groups excluding carboxylic acids is 2. The molecule has 8 nitrogen and oxygen atoms in total. The van der Waals surface area contributed by atoms with E-state index in [1.165, 1.54) is 19.5 Å². The topological polar surface area (TPSA) is 102 Å². The SMILES string of the molecule is COC(=O)c1cnc(N[C@H]2CC[C@H](NC(=O)OC(C)(C)C)CC2)cn1. The number of hydrogen-bond donors (Lipinski definition) is 2. The minimum Gasteiger partial charge on any atom is -0.464 e. The molecule has 0 unspecified atom stereocenters. The van der Waals surface area contributed by atoms with E-state index in [4.69, 9.17) is 4.74 Å². The van der Waals surface area contributed by atoms with Gasteiger partial charge < -0.3 is 20.1 Å². The van der Waals surface area contributed by atoms with Gasteiger partial charge in [-0.3, -0.25) is 0 Å². The van der Waals surface area contributed by atoms with E-state index in [0.717, 1.165) is 25.7 Å². The molecule has 1 aliphatic carbocycles. The van der Waals surface area contributed by atoms with Crippen LogP contribution >= 0.6 is 0 Å². The number of ether oxygens (including phenoxy) is 2. The van der Waals surface area contributed by atoms with Crippen molar-refractivity contribution in [1.82, 2.24) is 15.3 Å². The second-order valence-electron chi connectivity index (χ2n) is 7.12. The van der Waals surface area contributed by atoms with Crippen LogP contribution in [0.5, 0.6) is 0 Å². The van der Waals surface area contributed by atoms with Crippen LogP contribution in [0.15, 0.2) is 12.4 Å². The van der Waals surface area contributed by atoms with Gasteiger partial charge in [-0.15, -0.1) is 0 Å². The van der Waals surface area contributed by atoms with Crippen LogP contribution in [-0.4, -0.2) is 46.8 Å². The van der Waals surface area contributed by atoms with E-state index < -0.39 is 11.6 Å². The molecule has 25 heavy (non-hydrogen) atoms. The molecular weight excluding hydrogens is 324 g/mol. The van der Waals surface area contributed by atoms with Crippen molar-refractivity contribution in [2.24, 2.45) is 0 Å². The van der Waals surface area contributed by atoms with E-state index in [2.05, 4.69) is 25.3 Å². The summed E-state index contributed by atoms with van der Waals surface area (Å²) in [6, 6.07) is 0.385. The van der Waals surface area contributed by atoms with E-state index in [0.29, 0.717) is 5.82 Å². The number of nitrogens with one attached hydrogen (secondary N) is 2. The lowest BCUT2D eigenvalue weighted by atomic mass is 9.91. The number of carbonyl (C=O) groups is 2. The predicted octanol–water partition coefficient (Wildman–Crippen LogP) is 2.51. The van der Waals surface area contributed by atoms with Crippen molar-refractivity contribution in [3.63, 3.8) is 0 Å². The molecule has 0 aliphatic heterocycles. The first-order valence-corrected chi connectivity index (χ1v) is 8.43. The zero-order chi connectivity index (χ0) is 18.4. The molecule has 1 aliphatic rings. The first kappa shape index (κ1) is 19.0. The highest BCUT2D eigenvalue weighted by Gasteiger charge is 2.25. The fourth-order valence-corrected chi connectivity index (χ4v) is 2.68. The van der Waals surface area contributed by atoms with Gasteiger partial charge in [-0.1, -0.05) is 0 Å². The molecule has 0 aromatic carbocycles. The third-order valence-corrected chi connectivity index (χ3v) is 3.85. The first-order valence-electron chi connectivity index (χ1n) is 8.43. The highest BCUT2D eigenvalue weighted by Crippen LogP contribution is 2.22. The maximum atomic E-state index is 11.8. The van der Waals surface area contributed by atoms with Crippen molar-refractivity contribution >= 4 is 17.9 Å². The third-order valence-electron chi connectivity index (χ3n) is 3.85. The van der Waals surface area contributed by atoms with Gasteiger partial charge in [0.15, 0.2) is 5.69 Å². The summed E-state index contributed by atoms with van der Waals surface area (Å²) in [6.07, 6.45) is 6.09. The number of rotatable bonds is 4. The lowest BCUT2D eigenvalue weighted by molar-refractivity contribution is 0.0491. The lowest BCUT2D eigenvalue weighted by Gasteiger charge is -2.30. The van der Waals surface area contributed by atoms with Gasteiger partial charge >= 0.3 is 12.1 Å². The van der Waals surface area contributed by atoms with Gasteiger partial charge in [0.1, 0.15) is 11.4 Å². The fraction of sp³-hybridized carbons (Fsp3) is 0.647. The number of aromatic nitrogens is 2. The van der Waals surface area contributed by atoms with Crippen LogP contribution in [0.25, 0.3) is 0 Å². The summed E-state index contributed by atoms with van der Waals surface area (Å²) in [7, 11) is 1.31. The Kier molecular flexibility index (Phi) is 6.17. The van der Waals surface area contributed by atoms with Crippen LogP contribution in [-0.2, 0) is 9.47 Å². The number of nitrogens with zero attached hydrogens (tertiary/aromatic N) is 2. The van der Waals surface area contributed by atoms with Crippen LogP contribution in [0.3, 0.4) is 0 Å². The molecule has 1 aromatic heterocycles. The normalized spacial score (nSPS) is 20.5. The standard InChI is InChI=1S/C17H26N4O4/c1-17(2,3)25-16(23)21-12-7-5-11(6-8-12)20-14-10-18-13(9-19-14)15(22)24-4/h9-12H,5-8H2,1-4H3,(H,19,20)(H,21,23)/t11-,12-. The summed E-state index contributed by atoms with van der Waals surface area (Å²) in [5.74, 6) is 0.115. The van der Waals surface area contributed by atoms with Crippen LogP contribution in [0.2, 0.25) is 0 Å². The molecule has 1 aromatic rings. The summed E-state index contributed by atoms with van der Waals surface area (Å²) >= 11 is 0. The highest BCUT2D eigenvalue weighted by molar-refractivity contribution is 5.86. The summed E-state index contributed by atoms with van der Waals surface area (Å²) < 4.78 is 9.87. The molecule has 2 rings (SSSR count). The molecule has 0 spiro atoms. The second kappa shape index (κ2) is 8.13. The van der Waals surface area contributed by atoms with Gasteiger partial charge in [-0.05, 0) is 46.5 Å². The molecule has 1 heterocycles. The Balaban J connectivity index is 1.77. The van der Waals surface area contributed by atoms with Crippen molar-refractivity contribution in [3.05, 3.63) is 18.1 Å². The van der Waals surface area contributed by atoms with Gasteiger partial charge in [-0.2, -0.15) is 0 Å². The zero-order valence-corrected chi connectivity index (χ0v) is 15.2. The smallest absolute Gasteiger partial charge is 0.407 e. The van der Waals surface area contributed by atoms with Crippen LogP contribution < -0.4 is 10.6 Å². The van der Waals surface area contributed by atoms with Gasteiger partial charge in [0.25, 0.3) is 0 Å². The number of amides is 1. The van der Waals surface area contributed by atoms with E-state index in [1.54, 1.807) is 0 Å². The molecule has 0 atom stereocenters. The van der Waals surface area contributed by atoms with Crippen molar-refractivity contribution in [1.29, 1.82) is 0 Å². The fourth-order valence-electron chi connectivity index (χ4n) is 2.68. The molecule has 138 valence electrons. The molecule has 0 bridgehead atoms. The highest BCUT2D eigenvalue weighted by atomic mass is 16.6. The lowest BCUT2D eigenvalue weighted by Crippen LogP contribution is -2.42. The predicted molar refractivity (Wildman–Crippen MR) is 92.4 cm³/mol. The number of anilines is 1. The van der Waals surface area contributed by atoms with Crippen LogP contribution in [0, 0.1) is 0 Å². The summed E-state index contributed by atoms with van der Waals surface area (Å²) in [5, 5.41) is 6.23. The Morgan fingerprint density at radius 2 is 1.72 bits per heavy atom. The Morgan fingerprint density at radius 3 is 2.24 bits per heavy atom. The molecule has 1 amide bonds. The second-order valence-corrected chi connectivity index (χ2v) is 7.12. The quantitative estimate of drug-likeness (QED) is 0.804. The number of hydrogen-bond acceptors (Lipinski definition) is 7. The average molecular weight is 350 g/mol. The molecule has 8 heteroatoms. The van der Waals surface area contributed by atoms with E-state index in [-0.39, 0.29) is 23.9 Å². The maximum Gasteiger partial charge on any atom is 0.407 e. The van der Waals surface area contributed by atoms with Crippen molar-refractivity contribution < 1.29 is 19.1 Å². The number of esters is 1. The Morgan fingerprint density at radius 1 is 1.08 bits per heavy atom. The molecule has 0 radical (unpaired) electrons. The molecule has 1 saturated carbocycles.